The lowest BCUT2D eigenvalue weighted by Gasteiger charge is -2.27. The Bertz CT molecular complexity index is 1050. The number of benzene rings is 2. The van der Waals surface area contributed by atoms with Gasteiger partial charge in [0.15, 0.2) is 0 Å². The van der Waals surface area contributed by atoms with Gasteiger partial charge < -0.3 is 9.47 Å². The van der Waals surface area contributed by atoms with Crippen LogP contribution in [0.5, 0.6) is 11.5 Å². The summed E-state index contributed by atoms with van der Waals surface area (Å²) >= 11 is 3.59. The molecule has 5 heteroatoms. The summed E-state index contributed by atoms with van der Waals surface area (Å²) in [5, 5.41) is 1.48. The molecule has 0 amide bonds. The van der Waals surface area contributed by atoms with E-state index in [-0.39, 0.29) is 11.8 Å². The molecule has 1 saturated carbocycles. The molecule has 0 N–H and O–H groups in total. The number of hydrogen-bond donors (Lipinski definition) is 0. The van der Waals surface area contributed by atoms with Crippen LogP contribution in [0.2, 0.25) is 0 Å². The zero-order valence-electron chi connectivity index (χ0n) is 15.9. The van der Waals surface area contributed by atoms with Crippen LogP contribution >= 0.6 is 15.9 Å². The van der Waals surface area contributed by atoms with Gasteiger partial charge in [0.1, 0.15) is 11.5 Å². The van der Waals surface area contributed by atoms with E-state index < -0.39 is 11.9 Å². The van der Waals surface area contributed by atoms with E-state index in [4.69, 9.17) is 9.47 Å². The summed E-state index contributed by atoms with van der Waals surface area (Å²) in [6, 6.07) is 5.66. The highest BCUT2D eigenvalue weighted by molar-refractivity contribution is 9.10. The van der Waals surface area contributed by atoms with Crippen molar-refractivity contribution in [3.05, 3.63) is 58.6 Å². The molecule has 0 aliphatic heterocycles. The van der Waals surface area contributed by atoms with Gasteiger partial charge in [0.2, 0.25) is 0 Å². The van der Waals surface area contributed by atoms with Gasteiger partial charge in [-0.05, 0) is 43.6 Å². The molecule has 0 heterocycles. The van der Waals surface area contributed by atoms with Gasteiger partial charge in [-0.25, -0.2) is 9.59 Å². The zero-order valence-corrected chi connectivity index (χ0v) is 17.5. The van der Waals surface area contributed by atoms with Crippen molar-refractivity contribution in [2.24, 2.45) is 5.92 Å². The Morgan fingerprint density at radius 1 is 1.18 bits per heavy atom. The van der Waals surface area contributed by atoms with Crippen molar-refractivity contribution in [3.63, 3.8) is 0 Å². The van der Waals surface area contributed by atoms with E-state index in [1.54, 1.807) is 6.92 Å². The van der Waals surface area contributed by atoms with E-state index in [1.807, 2.05) is 18.2 Å². The largest absolute Gasteiger partial charge is 0.422 e. The third kappa shape index (κ3) is 2.80. The van der Waals surface area contributed by atoms with E-state index >= 15 is 0 Å². The minimum atomic E-state index is -0.499. The SMILES string of the molecule is C=CC(=O)Oc1c2c(c(OC(=O)C(=C)C)c3cccc(Br)c13)C1CC(C)C2C1. The van der Waals surface area contributed by atoms with E-state index in [0.29, 0.717) is 23.0 Å². The number of halogens is 1. The van der Waals surface area contributed by atoms with Crippen LogP contribution in [0, 0.1) is 5.92 Å². The van der Waals surface area contributed by atoms with Gasteiger partial charge in [-0.15, -0.1) is 0 Å². The highest BCUT2D eigenvalue weighted by Gasteiger charge is 2.47. The second-order valence-corrected chi connectivity index (χ2v) is 8.55. The van der Waals surface area contributed by atoms with Crippen LogP contribution in [-0.2, 0) is 9.59 Å². The van der Waals surface area contributed by atoms with Crippen molar-refractivity contribution in [3.8, 4) is 11.5 Å². The summed E-state index contributed by atoms with van der Waals surface area (Å²) in [6.07, 6.45) is 3.17. The summed E-state index contributed by atoms with van der Waals surface area (Å²) in [5.74, 6) is 1.20. The predicted octanol–water partition coefficient (Wildman–Crippen LogP) is 5.79. The lowest BCUT2D eigenvalue weighted by molar-refractivity contribution is -0.130. The second-order valence-electron chi connectivity index (χ2n) is 7.70. The van der Waals surface area contributed by atoms with Crippen LogP contribution in [0.25, 0.3) is 10.8 Å². The number of carbonyl (C=O) groups excluding carboxylic acids is 2. The normalized spacial score (nSPS) is 22.0. The fourth-order valence-electron chi connectivity index (χ4n) is 4.67. The van der Waals surface area contributed by atoms with Crippen LogP contribution in [0.4, 0.5) is 0 Å². The molecule has 28 heavy (non-hydrogen) atoms. The van der Waals surface area contributed by atoms with Gasteiger partial charge in [0.25, 0.3) is 0 Å². The molecule has 2 bridgehead atoms. The molecule has 3 atom stereocenters. The molecule has 3 unspecified atom stereocenters. The first-order valence-corrected chi connectivity index (χ1v) is 10.1. The summed E-state index contributed by atoms with van der Waals surface area (Å²) in [7, 11) is 0. The Labute approximate surface area is 172 Å². The molecule has 0 spiro atoms. The van der Waals surface area contributed by atoms with E-state index in [2.05, 4.69) is 36.0 Å². The number of fused-ring (bicyclic) bond motifs is 6. The lowest BCUT2D eigenvalue weighted by atomic mass is 9.82. The monoisotopic (exact) mass is 440 g/mol. The smallest absolute Gasteiger partial charge is 0.338 e. The minimum Gasteiger partial charge on any atom is -0.422 e. The Morgan fingerprint density at radius 2 is 1.93 bits per heavy atom. The molecule has 0 aromatic heterocycles. The van der Waals surface area contributed by atoms with Crippen LogP contribution in [-0.4, -0.2) is 11.9 Å². The fraction of sp³-hybridized carbons (Fsp3) is 0.304. The maximum Gasteiger partial charge on any atom is 0.338 e. The summed E-state index contributed by atoms with van der Waals surface area (Å²) in [6.45, 7) is 11.1. The summed E-state index contributed by atoms with van der Waals surface area (Å²) in [5.41, 5.74) is 2.33. The van der Waals surface area contributed by atoms with E-state index in [9.17, 15) is 9.59 Å². The molecule has 144 valence electrons. The van der Waals surface area contributed by atoms with E-state index in [0.717, 1.165) is 39.2 Å². The maximum atomic E-state index is 12.4. The minimum absolute atomic E-state index is 0.270. The highest BCUT2D eigenvalue weighted by atomic mass is 79.9. The standard InChI is InChI=1S/C23H21BrO4/c1-5-17(25)27-22-19-14(7-6-8-16(19)24)21(28-23(26)11(2)3)18-13-9-12(4)15(10-13)20(18)22/h5-8,12-13,15H,1-2,9-10H2,3-4H3. The van der Waals surface area contributed by atoms with E-state index in [1.165, 1.54) is 6.08 Å². The molecular formula is C23H21BrO4. The topological polar surface area (TPSA) is 52.6 Å². The summed E-state index contributed by atoms with van der Waals surface area (Å²) < 4.78 is 12.4. The van der Waals surface area contributed by atoms with Gasteiger partial charge in [0.05, 0.1) is 0 Å². The quantitative estimate of drug-likeness (QED) is 0.343. The van der Waals surface area contributed by atoms with Crippen LogP contribution in [0.15, 0.2) is 47.5 Å². The van der Waals surface area contributed by atoms with Crippen molar-refractivity contribution in [1.29, 1.82) is 0 Å². The Hall–Kier alpha value is -2.40. The maximum absolute atomic E-state index is 12.4. The van der Waals surface area contributed by atoms with Gasteiger partial charge in [-0.3, -0.25) is 0 Å². The van der Waals surface area contributed by atoms with Crippen LogP contribution < -0.4 is 9.47 Å². The number of esters is 2. The molecule has 4 rings (SSSR count). The van der Waals surface area contributed by atoms with Gasteiger partial charge in [-0.2, -0.15) is 0 Å². The highest BCUT2D eigenvalue weighted by Crippen LogP contribution is 2.63. The molecule has 1 fully saturated rings. The first kappa shape index (κ1) is 18.9. The molecule has 2 aromatic rings. The first-order valence-electron chi connectivity index (χ1n) is 9.33. The Morgan fingerprint density at radius 3 is 2.61 bits per heavy atom. The van der Waals surface area contributed by atoms with Crippen LogP contribution in [0.1, 0.15) is 49.7 Å². The first-order chi connectivity index (χ1) is 13.3. The third-order valence-electron chi connectivity index (χ3n) is 5.84. The molecule has 2 aromatic carbocycles. The molecule has 2 aliphatic rings. The van der Waals surface area contributed by atoms with Gasteiger partial charge in [-0.1, -0.05) is 48.1 Å². The number of ether oxygens (including phenoxy) is 2. The predicted molar refractivity (Wildman–Crippen MR) is 112 cm³/mol. The average molecular weight is 441 g/mol. The molecule has 0 radical (unpaired) electrons. The number of rotatable bonds is 4. The summed E-state index contributed by atoms with van der Waals surface area (Å²) in [4.78, 5) is 24.5. The molecular weight excluding hydrogens is 420 g/mol. The van der Waals surface area contributed by atoms with Crippen molar-refractivity contribution < 1.29 is 19.1 Å². The number of hydrogen-bond acceptors (Lipinski definition) is 4. The number of carbonyl (C=O) groups is 2. The van der Waals surface area contributed by atoms with Gasteiger partial charge in [0, 0.05) is 38.0 Å². The molecule has 0 saturated heterocycles. The van der Waals surface area contributed by atoms with Crippen LogP contribution in [0.3, 0.4) is 0 Å². The lowest BCUT2D eigenvalue weighted by Crippen LogP contribution is -2.16. The molecule has 2 aliphatic carbocycles. The second kappa shape index (κ2) is 6.89. The Balaban J connectivity index is 2.07. The fourth-order valence-corrected chi connectivity index (χ4v) is 5.21. The Kier molecular flexibility index (Phi) is 4.66. The van der Waals surface area contributed by atoms with Crippen molar-refractivity contribution in [2.75, 3.05) is 0 Å². The zero-order chi connectivity index (χ0) is 20.2. The van der Waals surface area contributed by atoms with Crippen molar-refractivity contribution in [2.45, 2.75) is 38.5 Å². The average Bonchev–Trinajstić information content (AvgIpc) is 3.21. The van der Waals surface area contributed by atoms with Crippen molar-refractivity contribution >= 4 is 38.6 Å². The van der Waals surface area contributed by atoms with Gasteiger partial charge >= 0.3 is 11.9 Å². The molecule has 4 nitrogen and oxygen atoms in total. The van der Waals surface area contributed by atoms with Crippen molar-refractivity contribution in [1.82, 2.24) is 0 Å². The third-order valence-corrected chi connectivity index (χ3v) is 6.50.